The van der Waals surface area contributed by atoms with Crippen LogP contribution in [0.2, 0.25) is 0 Å². The van der Waals surface area contributed by atoms with Gasteiger partial charge in [-0.2, -0.15) is 0 Å². The summed E-state index contributed by atoms with van der Waals surface area (Å²) in [7, 11) is -10.1. The first kappa shape index (κ1) is 17.8. The Morgan fingerprint density at radius 3 is 1.89 bits per heavy atom. The average molecular weight is 310 g/mol. The number of aldehydes is 1. The number of phosphoric ester groups is 2. The molecule has 0 spiro atoms. The third-order valence-corrected chi connectivity index (χ3v) is 2.53. The maximum absolute atomic E-state index is 10.5. The molecular formula is C5H12O11P2. The molecule has 0 aromatic heterocycles. The molecule has 0 amide bonds. The molecule has 0 radical (unpaired) electrons. The molecule has 6 N–H and O–H groups in total. The average Bonchev–Trinajstić information content (AvgIpc) is 2.19. The van der Waals surface area contributed by atoms with Crippen LogP contribution in [0.4, 0.5) is 0 Å². The van der Waals surface area contributed by atoms with Crippen LogP contribution >= 0.6 is 15.6 Å². The van der Waals surface area contributed by atoms with Gasteiger partial charge in [0.15, 0.2) is 6.29 Å². The zero-order valence-electron chi connectivity index (χ0n) is 8.64. The van der Waals surface area contributed by atoms with Crippen molar-refractivity contribution in [1.29, 1.82) is 0 Å². The van der Waals surface area contributed by atoms with E-state index in [9.17, 15) is 19.0 Å². The summed E-state index contributed by atoms with van der Waals surface area (Å²) in [5.41, 5.74) is 0. The fourth-order valence-corrected chi connectivity index (χ4v) is 1.79. The van der Waals surface area contributed by atoms with Crippen molar-refractivity contribution < 1.29 is 52.8 Å². The van der Waals surface area contributed by atoms with E-state index in [0.717, 1.165) is 0 Å². The minimum absolute atomic E-state index is 0.180. The zero-order chi connectivity index (χ0) is 14.6. The summed E-state index contributed by atoms with van der Waals surface area (Å²) in [4.78, 5) is 43.8. The van der Waals surface area contributed by atoms with Crippen LogP contribution in [-0.4, -0.2) is 61.0 Å². The molecule has 0 aliphatic heterocycles. The van der Waals surface area contributed by atoms with Crippen molar-refractivity contribution in [2.75, 3.05) is 6.61 Å². The Labute approximate surface area is 100 Å². The lowest BCUT2D eigenvalue weighted by Gasteiger charge is -2.24. The molecule has 0 aromatic carbocycles. The van der Waals surface area contributed by atoms with E-state index in [0.29, 0.717) is 0 Å². The van der Waals surface area contributed by atoms with Gasteiger partial charge in [0.25, 0.3) is 0 Å². The van der Waals surface area contributed by atoms with E-state index in [2.05, 4.69) is 9.05 Å². The van der Waals surface area contributed by atoms with Crippen molar-refractivity contribution in [3.05, 3.63) is 0 Å². The minimum Gasteiger partial charge on any atom is -0.388 e. The summed E-state index contributed by atoms with van der Waals surface area (Å²) in [6.07, 6.45) is -6.45. The van der Waals surface area contributed by atoms with E-state index in [1.54, 1.807) is 0 Å². The van der Waals surface area contributed by atoms with Gasteiger partial charge in [0.1, 0.15) is 18.3 Å². The topological polar surface area (TPSA) is 191 Å². The van der Waals surface area contributed by atoms with Gasteiger partial charge >= 0.3 is 15.6 Å². The highest BCUT2D eigenvalue weighted by molar-refractivity contribution is 7.46. The quantitative estimate of drug-likeness (QED) is 0.205. The largest absolute Gasteiger partial charge is 0.470 e. The molecule has 0 aromatic rings. The summed E-state index contributed by atoms with van der Waals surface area (Å²) in [5, 5.41) is 18.3. The van der Waals surface area contributed by atoms with E-state index in [4.69, 9.17) is 24.7 Å². The van der Waals surface area contributed by atoms with E-state index < -0.39 is 40.6 Å². The Kier molecular flexibility index (Phi) is 6.75. The van der Waals surface area contributed by atoms with Crippen LogP contribution in [0.1, 0.15) is 0 Å². The van der Waals surface area contributed by atoms with Crippen LogP contribution < -0.4 is 0 Å². The summed E-state index contributed by atoms with van der Waals surface area (Å²) in [6.45, 7) is -1.11. The molecule has 11 nitrogen and oxygen atoms in total. The van der Waals surface area contributed by atoms with Crippen molar-refractivity contribution in [2.24, 2.45) is 0 Å². The van der Waals surface area contributed by atoms with E-state index in [1.807, 2.05) is 0 Å². The van der Waals surface area contributed by atoms with E-state index in [-0.39, 0.29) is 6.29 Å². The first-order valence-electron chi connectivity index (χ1n) is 4.22. The fourth-order valence-electron chi connectivity index (χ4n) is 0.865. The number of aliphatic hydroxyl groups excluding tert-OH is 2. The second kappa shape index (κ2) is 6.83. The lowest BCUT2D eigenvalue weighted by Crippen LogP contribution is -2.42. The SMILES string of the molecule is O=C[C@H](O)[C@H](OP(=O)(O)O)[C@H](O)COP(=O)(O)O. The molecule has 0 unspecified atom stereocenters. The summed E-state index contributed by atoms with van der Waals surface area (Å²) in [5.74, 6) is 0. The van der Waals surface area contributed by atoms with Crippen molar-refractivity contribution in [3.8, 4) is 0 Å². The number of hydrogen-bond donors (Lipinski definition) is 6. The van der Waals surface area contributed by atoms with Crippen molar-refractivity contribution in [2.45, 2.75) is 18.3 Å². The van der Waals surface area contributed by atoms with Gasteiger partial charge in [0, 0.05) is 0 Å². The zero-order valence-corrected chi connectivity index (χ0v) is 10.4. The Bertz CT molecular complexity index is 356. The van der Waals surface area contributed by atoms with Crippen LogP contribution in [0, 0.1) is 0 Å². The summed E-state index contributed by atoms with van der Waals surface area (Å²) < 4.78 is 28.6. The molecule has 0 saturated heterocycles. The van der Waals surface area contributed by atoms with Gasteiger partial charge in [0.2, 0.25) is 0 Å². The predicted molar refractivity (Wildman–Crippen MR) is 53.0 cm³/mol. The molecular weight excluding hydrogens is 298 g/mol. The maximum atomic E-state index is 10.5. The van der Waals surface area contributed by atoms with Gasteiger partial charge in [0.05, 0.1) is 6.61 Å². The number of aliphatic hydroxyl groups is 2. The Hall–Kier alpha value is -0.190. The van der Waals surface area contributed by atoms with Crippen LogP contribution in [0.5, 0.6) is 0 Å². The van der Waals surface area contributed by atoms with Gasteiger partial charge < -0.3 is 34.6 Å². The number of carbonyl (C=O) groups is 1. The second-order valence-electron chi connectivity index (χ2n) is 3.04. The first-order chi connectivity index (χ1) is 7.96. The molecule has 0 aliphatic rings. The standard InChI is InChI=1S/C5H12O11P2/c6-1-3(7)5(16-18(12,13)14)4(8)2-15-17(9,10)11/h1,3-5,7-8H,2H2,(H2,9,10,11)(H2,12,13,14)/t3-,4+,5-/m0/s1. The minimum atomic E-state index is -5.14. The van der Waals surface area contributed by atoms with Gasteiger partial charge in [-0.3, -0.25) is 9.05 Å². The van der Waals surface area contributed by atoms with Crippen molar-refractivity contribution >= 4 is 21.9 Å². The monoisotopic (exact) mass is 310 g/mol. The molecule has 3 atom stereocenters. The Morgan fingerprint density at radius 1 is 1.06 bits per heavy atom. The Balaban J connectivity index is 4.70. The highest BCUT2D eigenvalue weighted by Gasteiger charge is 2.35. The molecule has 0 fully saturated rings. The van der Waals surface area contributed by atoms with Gasteiger partial charge in [-0.25, -0.2) is 9.13 Å². The number of carbonyl (C=O) groups excluding carboxylic acids is 1. The van der Waals surface area contributed by atoms with Crippen molar-refractivity contribution in [1.82, 2.24) is 0 Å². The third kappa shape index (κ3) is 8.01. The molecule has 0 heterocycles. The summed E-state index contributed by atoms with van der Waals surface area (Å²) >= 11 is 0. The molecule has 0 rings (SSSR count). The lowest BCUT2D eigenvalue weighted by molar-refractivity contribution is -0.126. The molecule has 0 bridgehead atoms. The number of phosphoric acid groups is 2. The third-order valence-electron chi connectivity index (χ3n) is 1.53. The molecule has 0 aliphatic carbocycles. The fraction of sp³-hybridized carbons (Fsp3) is 0.800. The van der Waals surface area contributed by atoms with Crippen LogP contribution in [-0.2, 0) is 23.0 Å². The predicted octanol–water partition coefficient (Wildman–Crippen LogP) is -2.51. The molecule has 13 heteroatoms. The van der Waals surface area contributed by atoms with E-state index >= 15 is 0 Å². The van der Waals surface area contributed by atoms with Gasteiger partial charge in [-0.05, 0) is 0 Å². The maximum Gasteiger partial charge on any atom is 0.470 e. The normalized spacial score (nSPS) is 18.1. The van der Waals surface area contributed by atoms with Crippen LogP contribution in [0.3, 0.4) is 0 Å². The highest BCUT2D eigenvalue weighted by atomic mass is 31.2. The van der Waals surface area contributed by atoms with Gasteiger partial charge in [-0.1, -0.05) is 0 Å². The smallest absolute Gasteiger partial charge is 0.388 e. The summed E-state index contributed by atoms with van der Waals surface area (Å²) in [6, 6.07) is 0. The molecule has 108 valence electrons. The van der Waals surface area contributed by atoms with Crippen LogP contribution in [0.25, 0.3) is 0 Å². The van der Waals surface area contributed by atoms with Crippen molar-refractivity contribution in [3.63, 3.8) is 0 Å². The second-order valence-corrected chi connectivity index (χ2v) is 5.47. The van der Waals surface area contributed by atoms with E-state index in [1.165, 1.54) is 0 Å². The van der Waals surface area contributed by atoms with Crippen LogP contribution in [0.15, 0.2) is 0 Å². The lowest BCUT2D eigenvalue weighted by atomic mass is 10.1. The Morgan fingerprint density at radius 2 is 1.56 bits per heavy atom. The highest BCUT2D eigenvalue weighted by Crippen LogP contribution is 2.40. The molecule has 0 saturated carbocycles. The number of hydrogen-bond acceptors (Lipinski definition) is 7. The number of rotatable bonds is 8. The first-order valence-corrected chi connectivity index (χ1v) is 7.28. The van der Waals surface area contributed by atoms with Gasteiger partial charge in [-0.15, -0.1) is 0 Å². The molecule has 18 heavy (non-hydrogen) atoms.